The van der Waals surface area contributed by atoms with Gasteiger partial charge in [0.15, 0.2) is 0 Å². The number of ether oxygens (including phenoxy) is 1. The first-order valence-corrected chi connectivity index (χ1v) is 5.88. The van der Waals surface area contributed by atoms with Gasteiger partial charge in [-0.1, -0.05) is 30.3 Å². The van der Waals surface area contributed by atoms with Crippen molar-refractivity contribution in [1.82, 2.24) is 4.90 Å². The van der Waals surface area contributed by atoms with Crippen LogP contribution in [0.15, 0.2) is 30.3 Å². The van der Waals surface area contributed by atoms with Crippen molar-refractivity contribution in [2.24, 2.45) is 0 Å². The molecule has 1 aliphatic heterocycles. The predicted molar refractivity (Wildman–Crippen MR) is 62.3 cm³/mol. The number of nitrogens with zero attached hydrogens (tertiary/aromatic N) is 1. The third kappa shape index (κ3) is 3.75. The van der Waals surface area contributed by atoms with Gasteiger partial charge in [-0.05, 0) is 5.56 Å². The van der Waals surface area contributed by atoms with Gasteiger partial charge in [0.25, 0.3) is 0 Å². The summed E-state index contributed by atoms with van der Waals surface area (Å²) in [6.45, 7) is 2.03. The molecule has 0 aromatic heterocycles. The molecule has 1 saturated heterocycles. The van der Waals surface area contributed by atoms with E-state index in [9.17, 15) is 8.78 Å². The van der Waals surface area contributed by atoms with E-state index < -0.39 is 12.3 Å². The molecule has 0 saturated carbocycles. The van der Waals surface area contributed by atoms with Crippen molar-refractivity contribution in [3.8, 4) is 0 Å². The zero-order chi connectivity index (χ0) is 12.1. The second kappa shape index (κ2) is 6.07. The minimum absolute atomic E-state index is 0.190. The van der Waals surface area contributed by atoms with E-state index in [0.29, 0.717) is 19.8 Å². The Morgan fingerprint density at radius 1 is 1.12 bits per heavy atom. The molecule has 2 rings (SSSR count). The lowest BCUT2D eigenvalue weighted by atomic mass is 10.2. The molecule has 17 heavy (non-hydrogen) atoms. The molecule has 2 nitrogen and oxygen atoms in total. The maximum Gasteiger partial charge on any atom is 0.145 e. The molecule has 0 amide bonds. The second-order valence-corrected chi connectivity index (χ2v) is 4.33. The molecular formula is C13H17F2NO. The van der Waals surface area contributed by atoms with Gasteiger partial charge in [-0.25, -0.2) is 8.78 Å². The third-order valence-corrected chi connectivity index (χ3v) is 2.92. The van der Waals surface area contributed by atoms with E-state index in [2.05, 4.69) is 0 Å². The summed E-state index contributed by atoms with van der Waals surface area (Å²) in [5, 5.41) is 0. The van der Waals surface area contributed by atoms with E-state index in [-0.39, 0.29) is 13.1 Å². The van der Waals surface area contributed by atoms with Crippen molar-refractivity contribution in [2.75, 3.05) is 26.2 Å². The minimum atomic E-state index is -1.33. The smallest absolute Gasteiger partial charge is 0.145 e. The highest BCUT2D eigenvalue weighted by molar-refractivity contribution is 5.13. The van der Waals surface area contributed by atoms with Gasteiger partial charge in [0.05, 0.1) is 13.2 Å². The molecule has 1 aromatic rings. The summed E-state index contributed by atoms with van der Waals surface area (Å²) in [7, 11) is 0. The average Bonchev–Trinajstić information content (AvgIpc) is 2.66. The number of benzene rings is 1. The van der Waals surface area contributed by atoms with Gasteiger partial charge in [-0.2, -0.15) is 0 Å². The van der Waals surface area contributed by atoms with Crippen molar-refractivity contribution in [1.29, 1.82) is 0 Å². The molecule has 0 aliphatic carbocycles. The summed E-state index contributed by atoms with van der Waals surface area (Å²) >= 11 is 0. The highest BCUT2D eigenvalue weighted by Gasteiger charge is 2.32. The number of hydrogen-bond acceptors (Lipinski definition) is 2. The molecule has 1 aliphatic rings. The maximum atomic E-state index is 12.9. The molecule has 94 valence electrons. The van der Waals surface area contributed by atoms with Gasteiger partial charge in [0, 0.05) is 19.6 Å². The Morgan fingerprint density at radius 2 is 1.76 bits per heavy atom. The summed E-state index contributed by atoms with van der Waals surface area (Å²) in [4.78, 5) is 1.76. The van der Waals surface area contributed by atoms with Crippen LogP contribution in [0.3, 0.4) is 0 Å². The van der Waals surface area contributed by atoms with Crippen LogP contribution in [0.25, 0.3) is 0 Å². The van der Waals surface area contributed by atoms with E-state index in [0.717, 1.165) is 5.56 Å². The summed E-state index contributed by atoms with van der Waals surface area (Å²) in [6.07, 6.45) is -2.66. The molecule has 4 heteroatoms. The first-order valence-electron chi connectivity index (χ1n) is 5.88. The molecule has 0 spiro atoms. The number of hydrogen-bond donors (Lipinski definition) is 0. The monoisotopic (exact) mass is 241 g/mol. The van der Waals surface area contributed by atoms with E-state index in [4.69, 9.17) is 4.74 Å². The van der Waals surface area contributed by atoms with Crippen LogP contribution in [-0.2, 0) is 11.3 Å². The lowest BCUT2D eigenvalue weighted by molar-refractivity contribution is 0.0969. The van der Waals surface area contributed by atoms with Crippen molar-refractivity contribution >= 4 is 0 Å². The Hall–Kier alpha value is -1.00. The summed E-state index contributed by atoms with van der Waals surface area (Å²) in [5.74, 6) is 0. The molecule has 0 radical (unpaired) electrons. The molecular weight excluding hydrogens is 224 g/mol. The van der Waals surface area contributed by atoms with Gasteiger partial charge in [0.1, 0.15) is 12.3 Å². The molecule has 2 atom stereocenters. The first-order chi connectivity index (χ1) is 8.25. The summed E-state index contributed by atoms with van der Waals surface area (Å²) < 4.78 is 31.2. The van der Waals surface area contributed by atoms with Crippen LogP contribution in [0, 0.1) is 0 Å². The SMILES string of the molecule is FC1CN(CCOCc2ccccc2)CC1F. The lowest BCUT2D eigenvalue weighted by Crippen LogP contribution is -2.25. The standard InChI is InChI=1S/C13H17F2NO/c14-12-8-16(9-13(12)15)6-7-17-10-11-4-2-1-3-5-11/h1-5,12-13H,6-10H2. The second-order valence-electron chi connectivity index (χ2n) is 4.33. The summed E-state index contributed by atoms with van der Waals surface area (Å²) in [6, 6.07) is 9.85. The van der Waals surface area contributed by atoms with Crippen LogP contribution in [0.4, 0.5) is 8.78 Å². The lowest BCUT2D eigenvalue weighted by Gasteiger charge is -2.14. The Bertz CT molecular complexity index is 323. The fourth-order valence-electron chi connectivity index (χ4n) is 1.94. The fraction of sp³-hybridized carbons (Fsp3) is 0.538. The van der Waals surface area contributed by atoms with Crippen LogP contribution in [0.2, 0.25) is 0 Å². The van der Waals surface area contributed by atoms with Crippen molar-refractivity contribution in [3.63, 3.8) is 0 Å². The number of alkyl halides is 2. The van der Waals surface area contributed by atoms with Gasteiger partial charge >= 0.3 is 0 Å². The van der Waals surface area contributed by atoms with Gasteiger partial charge in [-0.15, -0.1) is 0 Å². The van der Waals surface area contributed by atoms with Crippen molar-refractivity contribution in [2.45, 2.75) is 19.0 Å². The highest BCUT2D eigenvalue weighted by Crippen LogP contribution is 2.15. The number of halogens is 2. The van der Waals surface area contributed by atoms with Gasteiger partial charge in [-0.3, -0.25) is 4.90 Å². The quantitative estimate of drug-likeness (QED) is 0.733. The molecule has 0 bridgehead atoms. The normalized spacial score (nSPS) is 25.3. The largest absolute Gasteiger partial charge is 0.375 e. The minimum Gasteiger partial charge on any atom is -0.375 e. The van der Waals surface area contributed by atoms with E-state index in [1.54, 1.807) is 4.90 Å². The van der Waals surface area contributed by atoms with Crippen LogP contribution in [-0.4, -0.2) is 43.5 Å². The van der Waals surface area contributed by atoms with Crippen LogP contribution < -0.4 is 0 Å². The molecule has 1 aromatic carbocycles. The maximum absolute atomic E-state index is 12.9. The van der Waals surface area contributed by atoms with Gasteiger partial charge in [0.2, 0.25) is 0 Å². The van der Waals surface area contributed by atoms with E-state index >= 15 is 0 Å². The van der Waals surface area contributed by atoms with Crippen LogP contribution >= 0.6 is 0 Å². The van der Waals surface area contributed by atoms with Gasteiger partial charge < -0.3 is 4.74 Å². The average molecular weight is 241 g/mol. The topological polar surface area (TPSA) is 12.5 Å². The molecule has 2 unspecified atom stereocenters. The number of likely N-dealkylation sites (tertiary alicyclic amines) is 1. The van der Waals surface area contributed by atoms with E-state index in [1.165, 1.54) is 0 Å². The van der Waals surface area contributed by atoms with Crippen LogP contribution in [0.1, 0.15) is 5.56 Å². The fourth-order valence-corrected chi connectivity index (χ4v) is 1.94. The Morgan fingerprint density at radius 3 is 2.41 bits per heavy atom. The molecule has 0 N–H and O–H groups in total. The highest BCUT2D eigenvalue weighted by atomic mass is 19.2. The van der Waals surface area contributed by atoms with E-state index in [1.807, 2.05) is 30.3 Å². The molecule has 1 fully saturated rings. The van der Waals surface area contributed by atoms with Crippen LogP contribution in [0.5, 0.6) is 0 Å². The zero-order valence-corrected chi connectivity index (χ0v) is 9.69. The Balaban J connectivity index is 1.61. The van der Waals surface area contributed by atoms with Crippen molar-refractivity contribution in [3.05, 3.63) is 35.9 Å². The van der Waals surface area contributed by atoms with Crippen molar-refractivity contribution < 1.29 is 13.5 Å². The Kier molecular flexibility index (Phi) is 4.45. The number of rotatable bonds is 5. The third-order valence-electron chi connectivity index (χ3n) is 2.92. The predicted octanol–water partition coefficient (Wildman–Crippen LogP) is 2.20. The zero-order valence-electron chi connectivity index (χ0n) is 9.69. The summed E-state index contributed by atoms with van der Waals surface area (Å²) in [5.41, 5.74) is 1.11. The Labute approximate surface area is 100 Å². The first kappa shape index (κ1) is 12.5. The molecule has 1 heterocycles.